The first kappa shape index (κ1) is 14.9. The number of carbonyl (C=O) groups excluding carboxylic acids is 2. The number of rotatable bonds is 5. The molecule has 21 heavy (non-hydrogen) atoms. The van der Waals surface area contributed by atoms with Crippen LogP contribution in [0.25, 0.3) is 0 Å². The zero-order chi connectivity index (χ0) is 15.2. The number of piperidine rings is 1. The van der Waals surface area contributed by atoms with Crippen LogP contribution in [-0.2, 0) is 16.1 Å². The molecule has 0 radical (unpaired) electrons. The Labute approximate surface area is 120 Å². The van der Waals surface area contributed by atoms with Crippen molar-refractivity contribution in [1.82, 2.24) is 25.2 Å². The Kier molecular flexibility index (Phi) is 4.85. The van der Waals surface area contributed by atoms with Crippen LogP contribution in [0.15, 0.2) is 6.20 Å². The van der Waals surface area contributed by atoms with Gasteiger partial charge in [-0.15, -0.1) is 5.10 Å². The summed E-state index contributed by atoms with van der Waals surface area (Å²) in [6.45, 7) is 0.991. The highest BCUT2D eigenvalue weighted by Crippen LogP contribution is 2.08. The van der Waals surface area contributed by atoms with Crippen LogP contribution in [-0.4, -0.2) is 62.4 Å². The van der Waals surface area contributed by atoms with Crippen LogP contribution in [0.3, 0.4) is 0 Å². The first-order valence-corrected chi connectivity index (χ1v) is 6.74. The molecular formula is C12H17N5O4. The molecule has 2 N–H and O–H groups in total. The first-order chi connectivity index (χ1) is 10.1. The van der Waals surface area contributed by atoms with Gasteiger partial charge in [0.25, 0.3) is 5.91 Å². The number of hydrogen-bond donors (Lipinski definition) is 2. The third-order valence-corrected chi connectivity index (χ3v) is 3.18. The Hall–Kier alpha value is -2.45. The van der Waals surface area contributed by atoms with Crippen LogP contribution in [0.1, 0.15) is 29.8 Å². The number of carbonyl (C=O) groups is 3. The van der Waals surface area contributed by atoms with Crippen LogP contribution < -0.4 is 5.32 Å². The zero-order valence-electron chi connectivity index (χ0n) is 11.5. The van der Waals surface area contributed by atoms with Crippen LogP contribution in [0, 0.1) is 0 Å². The summed E-state index contributed by atoms with van der Waals surface area (Å²) < 4.78 is 1.05. The van der Waals surface area contributed by atoms with Gasteiger partial charge >= 0.3 is 5.97 Å². The Morgan fingerprint density at radius 2 is 1.95 bits per heavy atom. The predicted molar refractivity (Wildman–Crippen MR) is 70.4 cm³/mol. The standard InChI is InChI=1S/C12H17N5O4/c18-10(16-4-2-1-3-5-16)6-13-12(21)9-7-17(15-14-9)8-11(19)20/h7H,1-6,8H2,(H,13,21)(H,19,20). The normalized spacial score (nSPS) is 14.8. The van der Waals surface area contributed by atoms with Crippen molar-refractivity contribution >= 4 is 17.8 Å². The Morgan fingerprint density at radius 3 is 2.62 bits per heavy atom. The van der Waals surface area contributed by atoms with Crippen molar-refractivity contribution in [2.45, 2.75) is 25.8 Å². The second kappa shape index (κ2) is 6.82. The summed E-state index contributed by atoms with van der Waals surface area (Å²) in [5.41, 5.74) is -0.0114. The fourth-order valence-electron chi connectivity index (χ4n) is 2.12. The number of nitrogens with one attached hydrogen (secondary N) is 1. The molecule has 0 spiro atoms. The Bertz CT molecular complexity index is 536. The highest BCUT2D eigenvalue weighted by atomic mass is 16.4. The van der Waals surface area contributed by atoms with Gasteiger partial charge < -0.3 is 15.3 Å². The first-order valence-electron chi connectivity index (χ1n) is 6.74. The van der Waals surface area contributed by atoms with Crippen molar-refractivity contribution in [3.8, 4) is 0 Å². The van der Waals surface area contributed by atoms with Crippen molar-refractivity contribution in [2.75, 3.05) is 19.6 Å². The average Bonchev–Trinajstić information content (AvgIpc) is 2.93. The summed E-state index contributed by atoms with van der Waals surface area (Å²) in [5, 5.41) is 18.2. The molecule has 114 valence electrons. The fourth-order valence-corrected chi connectivity index (χ4v) is 2.12. The summed E-state index contributed by atoms with van der Waals surface area (Å²) in [5.74, 6) is -1.75. The third-order valence-electron chi connectivity index (χ3n) is 3.18. The van der Waals surface area contributed by atoms with Gasteiger partial charge in [-0.25, -0.2) is 4.68 Å². The lowest BCUT2D eigenvalue weighted by molar-refractivity contribution is -0.138. The number of hydrogen-bond acceptors (Lipinski definition) is 5. The summed E-state index contributed by atoms with van der Waals surface area (Å²) >= 11 is 0. The van der Waals surface area contributed by atoms with E-state index in [1.807, 2.05) is 0 Å². The van der Waals surface area contributed by atoms with Crippen molar-refractivity contribution < 1.29 is 19.5 Å². The maximum atomic E-state index is 11.9. The summed E-state index contributed by atoms with van der Waals surface area (Å²) in [6.07, 6.45) is 4.34. The molecule has 1 saturated heterocycles. The van der Waals surface area contributed by atoms with Gasteiger partial charge in [0.05, 0.1) is 12.7 Å². The molecular weight excluding hydrogens is 278 g/mol. The quantitative estimate of drug-likeness (QED) is 0.727. The molecule has 1 aliphatic heterocycles. The number of likely N-dealkylation sites (tertiary alicyclic amines) is 1. The number of aliphatic carboxylic acids is 1. The SMILES string of the molecule is O=C(O)Cn1cc(C(=O)NCC(=O)N2CCCCC2)nn1. The van der Waals surface area contributed by atoms with E-state index in [2.05, 4.69) is 15.6 Å². The smallest absolute Gasteiger partial charge is 0.325 e. The van der Waals surface area contributed by atoms with E-state index in [9.17, 15) is 14.4 Å². The van der Waals surface area contributed by atoms with Gasteiger partial charge in [-0.2, -0.15) is 0 Å². The van der Waals surface area contributed by atoms with E-state index in [0.29, 0.717) is 0 Å². The molecule has 1 aliphatic rings. The lowest BCUT2D eigenvalue weighted by atomic mass is 10.1. The molecule has 2 amide bonds. The molecule has 0 aliphatic carbocycles. The average molecular weight is 295 g/mol. The van der Waals surface area contributed by atoms with Crippen LogP contribution in [0.4, 0.5) is 0 Å². The second-order valence-corrected chi connectivity index (χ2v) is 4.82. The highest BCUT2D eigenvalue weighted by molar-refractivity contribution is 5.94. The predicted octanol–water partition coefficient (Wildman–Crippen LogP) is -0.895. The number of aromatic nitrogens is 3. The van der Waals surface area contributed by atoms with Crippen molar-refractivity contribution in [3.63, 3.8) is 0 Å². The van der Waals surface area contributed by atoms with Crippen LogP contribution in [0.2, 0.25) is 0 Å². The van der Waals surface area contributed by atoms with Gasteiger partial charge in [0.15, 0.2) is 5.69 Å². The molecule has 0 saturated carbocycles. The van der Waals surface area contributed by atoms with Gasteiger partial charge in [-0.3, -0.25) is 14.4 Å². The molecule has 1 aromatic heterocycles. The molecule has 2 heterocycles. The molecule has 0 aromatic carbocycles. The Morgan fingerprint density at radius 1 is 1.24 bits per heavy atom. The van der Waals surface area contributed by atoms with Crippen molar-refractivity contribution in [1.29, 1.82) is 0 Å². The third kappa shape index (κ3) is 4.26. The summed E-state index contributed by atoms with van der Waals surface area (Å²) in [7, 11) is 0. The fraction of sp³-hybridized carbons (Fsp3) is 0.583. The lowest BCUT2D eigenvalue weighted by Gasteiger charge is -2.26. The van der Waals surface area contributed by atoms with E-state index < -0.39 is 11.9 Å². The van der Waals surface area contributed by atoms with Gasteiger partial charge in [0.1, 0.15) is 6.54 Å². The molecule has 2 rings (SSSR count). The minimum atomic E-state index is -1.08. The minimum absolute atomic E-state index is 0.0114. The van der Waals surface area contributed by atoms with E-state index in [4.69, 9.17) is 5.11 Å². The monoisotopic (exact) mass is 295 g/mol. The molecule has 0 unspecified atom stereocenters. The lowest BCUT2D eigenvalue weighted by Crippen LogP contribution is -2.42. The van der Waals surface area contributed by atoms with Gasteiger partial charge in [0.2, 0.25) is 5.91 Å². The minimum Gasteiger partial charge on any atom is -0.480 e. The maximum absolute atomic E-state index is 11.9. The molecule has 0 bridgehead atoms. The largest absolute Gasteiger partial charge is 0.480 e. The molecule has 0 atom stereocenters. The summed E-state index contributed by atoms with van der Waals surface area (Å²) in [4.78, 5) is 35.9. The van der Waals surface area contributed by atoms with E-state index in [0.717, 1.165) is 37.0 Å². The second-order valence-electron chi connectivity index (χ2n) is 4.82. The maximum Gasteiger partial charge on any atom is 0.325 e. The molecule has 9 nitrogen and oxygen atoms in total. The van der Waals surface area contributed by atoms with Crippen LogP contribution >= 0.6 is 0 Å². The highest BCUT2D eigenvalue weighted by Gasteiger charge is 2.18. The number of carboxylic acids is 1. The van der Waals surface area contributed by atoms with Crippen LogP contribution in [0.5, 0.6) is 0 Å². The van der Waals surface area contributed by atoms with Crippen molar-refractivity contribution in [2.24, 2.45) is 0 Å². The van der Waals surface area contributed by atoms with Gasteiger partial charge in [-0.1, -0.05) is 5.21 Å². The Balaban J connectivity index is 1.82. The van der Waals surface area contributed by atoms with E-state index in [1.54, 1.807) is 4.90 Å². The molecule has 1 fully saturated rings. The van der Waals surface area contributed by atoms with E-state index in [-0.39, 0.29) is 24.7 Å². The number of amides is 2. The van der Waals surface area contributed by atoms with Gasteiger partial charge in [-0.05, 0) is 19.3 Å². The number of carboxylic acid groups (broad SMARTS) is 1. The molecule has 1 aromatic rings. The summed E-state index contributed by atoms with van der Waals surface area (Å²) in [6, 6.07) is 0. The topological polar surface area (TPSA) is 117 Å². The van der Waals surface area contributed by atoms with Gasteiger partial charge in [0, 0.05) is 13.1 Å². The zero-order valence-corrected chi connectivity index (χ0v) is 11.5. The van der Waals surface area contributed by atoms with E-state index >= 15 is 0 Å². The van der Waals surface area contributed by atoms with Crippen molar-refractivity contribution in [3.05, 3.63) is 11.9 Å². The number of nitrogens with zero attached hydrogens (tertiary/aromatic N) is 4. The van der Waals surface area contributed by atoms with E-state index in [1.165, 1.54) is 6.20 Å². The molecule has 9 heteroatoms.